The molecule has 0 saturated carbocycles. The highest BCUT2D eigenvalue weighted by molar-refractivity contribution is 5.47. The summed E-state index contributed by atoms with van der Waals surface area (Å²) in [6, 6.07) is 7.40. The van der Waals surface area contributed by atoms with Gasteiger partial charge in [-0.3, -0.25) is 4.90 Å². The van der Waals surface area contributed by atoms with Crippen LogP contribution in [0.5, 0.6) is 0 Å². The topological polar surface area (TPSA) is 46.9 Å². The highest BCUT2D eigenvalue weighted by atomic mass is 19.1. The first-order valence-corrected chi connectivity index (χ1v) is 8.21. The molecule has 0 aromatic heterocycles. The average Bonchev–Trinajstić information content (AvgIpc) is 2.55. The Balaban J connectivity index is 1.55. The number of para-hydroxylation sites is 1. The third-order valence-corrected chi connectivity index (χ3v) is 5.16. The number of benzene rings is 1. The molecule has 0 spiro atoms. The number of aliphatic hydroxyl groups is 2. The Hall–Kier alpha value is -1.17. The fraction of sp³-hybridized carbons (Fsp3) is 0.647. The third kappa shape index (κ3) is 3.26. The van der Waals surface area contributed by atoms with Gasteiger partial charge in [0.25, 0.3) is 0 Å². The number of halogens is 1. The van der Waals surface area contributed by atoms with E-state index in [0.717, 1.165) is 38.9 Å². The minimum Gasteiger partial charge on any atom is -0.396 e. The number of nitrogens with zero attached hydrogens (tertiary/aromatic N) is 2. The van der Waals surface area contributed by atoms with E-state index in [4.69, 9.17) is 0 Å². The molecule has 0 amide bonds. The third-order valence-electron chi connectivity index (χ3n) is 5.16. The average molecular weight is 308 g/mol. The van der Waals surface area contributed by atoms with Crippen LogP contribution in [-0.2, 0) is 0 Å². The Morgan fingerprint density at radius 2 is 1.82 bits per heavy atom. The van der Waals surface area contributed by atoms with Crippen LogP contribution < -0.4 is 4.90 Å². The lowest BCUT2D eigenvalue weighted by Gasteiger charge is -2.43. The molecule has 122 valence electrons. The van der Waals surface area contributed by atoms with Crippen molar-refractivity contribution in [3.8, 4) is 0 Å². The van der Waals surface area contributed by atoms with Gasteiger partial charge in [-0.05, 0) is 37.9 Å². The number of piperidine rings is 2. The van der Waals surface area contributed by atoms with E-state index in [-0.39, 0.29) is 18.3 Å². The fourth-order valence-corrected chi connectivity index (χ4v) is 3.73. The van der Waals surface area contributed by atoms with Crippen LogP contribution in [0.4, 0.5) is 10.1 Å². The largest absolute Gasteiger partial charge is 0.396 e. The summed E-state index contributed by atoms with van der Waals surface area (Å²) in [7, 11) is 0. The Morgan fingerprint density at radius 3 is 2.45 bits per heavy atom. The lowest BCUT2D eigenvalue weighted by atomic mass is 9.92. The lowest BCUT2D eigenvalue weighted by Crippen LogP contribution is -2.52. The van der Waals surface area contributed by atoms with Crippen LogP contribution in [0.15, 0.2) is 24.3 Å². The van der Waals surface area contributed by atoms with Crippen LogP contribution in [0.3, 0.4) is 0 Å². The predicted octanol–water partition coefficient (Wildman–Crippen LogP) is 1.47. The van der Waals surface area contributed by atoms with Crippen LogP contribution >= 0.6 is 0 Å². The smallest absolute Gasteiger partial charge is 0.146 e. The monoisotopic (exact) mass is 308 g/mol. The second-order valence-electron chi connectivity index (χ2n) is 6.46. The molecule has 1 aromatic carbocycles. The van der Waals surface area contributed by atoms with Gasteiger partial charge >= 0.3 is 0 Å². The van der Waals surface area contributed by atoms with E-state index in [1.165, 1.54) is 6.07 Å². The van der Waals surface area contributed by atoms with E-state index >= 15 is 0 Å². The fourth-order valence-electron chi connectivity index (χ4n) is 3.73. The van der Waals surface area contributed by atoms with Crippen molar-refractivity contribution in [2.75, 3.05) is 37.7 Å². The zero-order chi connectivity index (χ0) is 15.5. The lowest BCUT2D eigenvalue weighted by molar-refractivity contribution is -0.0198. The summed E-state index contributed by atoms with van der Waals surface area (Å²) in [5.41, 5.74) is 0.694. The van der Waals surface area contributed by atoms with Gasteiger partial charge in [-0.15, -0.1) is 0 Å². The molecule has 2 aliphatic heterocycles. The first-order chi connectivity index (χ1) is 10.7. The molecule has 2 fully saturated rings. The molecule has 2 saturated heterocycles. The summed E-state index contributed by atoms with van der Waals surface area (Å²) in [6.45, 7) is 3.35. The summed E-state index contributed by atoms with van der Waals surface area (Å²) in [5, 5.41) is 19.3. The van der Waals surface area contributed by atoms with Gasteiger partial charge in [-0.2, -0.15) is 0 Å². The van der Waals surface area contributed by atoms with Gasteiger partial charge in [-0.25, -0.2) is 4.39 Å². The SMILES string of the molecule is OC[C@H]1CCN(C2CCN(c3ccccc3F)CC2)C[C@H]1O. The van der Waals surface area contributed by atoms with Gasteiger partial charge in [-0.1, -0.05) is 12.1 Å². The van der Waals surface area contributed by atoms with Crippen molar-refractivity contribution >= 4 is 5.69 Å². The molecule has 2 N–H and O–H groups in total. The normalized spacial score (nSPS) is 28.0. The van der Waals surface area contributed by atoms with Gasteiger partial charge in [0.1, 0.15) is 5.82 Å². The molecule has 4 nitrogen and oxygen atoms in total. The van der Waals surface area contributed by atoms with Crippen molar-refractivity contribution in [1.82, 2.24) is 4.90 Å². The zero-order valence-corrected chi connectivity index (χ0v) is 12.9. The Morgan fingerprint density at radius 1 is 1.09 bits per heavy atom. The minimum atomic E-state index is -0.427. The van der Waals surface area contributed by atoms with Crippen LogP contribution in [0.1, 0.15) is 19.3 Å². The van der Waals surface area contributed by atoms with Crippen molar-refractivity contribution in [3.05, 3.63) is 30.1 Å². The standard InChI is InChI=1S/C17H25FN2O2/c18-15-3-1-2-4-16(15)19-9-6-14(7-10-19)20-8-5-13(12-21)17(22)11-20/h1-4,13-14,17,21-22H,5-12H2/t13-,17-/m1/s1. The van der Waals surface area contributed by atoms with Gasteiger partial charge in [0.05, 0.1) is 11.8 Å². The van der Waals surface area contributed by atoms with Crippen molar-refractivity contribution in [1.29, 1.82) is 0 Å². The maximum Gasteiger partial charge on any atom is 0.146 e. The molecule has 1 aromatic rings. The van der Waals surface area contributed by atoms with E-state index in [1.54, 1.807) is 6.07 Å². The summed E-state index contributed by atoms with van der Waals surface area (Å²) >= 11 is 0. The van der Waals surface area contributed by atoms with Crippen LogP contribution in [0, 0.1) is 11.7 Å². The van der Waals surface area contributed by atoms with Crippen LogP contribution in [-0.4, -0.2) is 60.0 Å². The van der Waals surface area contributed by atoms with E-state index < -0.39 is 6.10 Å². The number of hydrogen-bond donors (Lipinski definition) is 2. The van der Waals surface area contributed by atoms with Gasteiger partial charge in [0.2, 0.25) is 0 Å². The number of likely N-dealkylation sites (tertiary alicyclic amines) is 1. The molecule has 2 heterocycles. The first-order valence-electron chi connectivity index (χ1n) is 8.21. The van der Waals surface area contributed by atoms with Crippen LogP contribution in [0.25, 0.3) is 0 Å². The maximum atomic E-state index is 13.9. The maximum absolute atomic E-state index is 13.9. The summed E-state index contributed by atoms with van der Waals surface area (Å²) in [5.74, 6) is -0.130. The molecular formula is C17H25FN2O2. The quantitative estimate of drug-likeness (QED) is 0.888. The van der Waals surface area contributed by atoms with Gasteiger partial charge in [0, 0.05) is 38.2 Å². The summed E-state index contributed by atoms with van der Waals surface area (Å²) < 4.78 is 13.9. The molecule has 0 bridgehead atoms. The minimum absolute atomic E-state index is 0.0229. The molecule has 3 rings (SSSR count). The van der Waals surface area contributed by atoms with E-state index in [0.29, 0.717) is 18.3 Å². The molecule has 0 aliphatic carbocycles. The van der Waals surface area contributed by atoms with Crippen LogP contribution in [0.2, 0.25) is 0 Å². The molecule has 5 heteroatoms. The summed E-state index contributed by atoms with van der Waals surface area (Å²) in [4.78, 5) is 4.46. The van der Waals surface area contributed by atoms with E-state index in [2.05, 4.69) is 9.80 Å². The summed E-state index contributed by atoms with van der Waals surface area (Å²) in [6.07, 6.45) is 2.41. The molecule has 0 unspecified atom stereocenters. The van der Waals surface area contributed by atoms with Crippen molar-refractivity contribution in [3.63, 3.8) is 0 Å². The van der Waals surface area contributed by atoms with Gasteiger partial charge in [0.15, 0.2) is 0 Å². The van der Waals surface area contributed by atoms with Gasteiger partial charge < -0.3 is 15.1 Å². The Kier molecular flexibility index (Phi) is 4.96. The van der Waals surface area contributed by atoms with Crippen molar-refractivity contribution in [2.45, 2.75) is 31.4 Å². The highest BCUT2D eigenvalue weighted by Crippen LogP contribution is 2.27. The Bertz CT molecular complexity index is 491. The number of anilines is 1. The zero-order valence-electron chi connectivity index (χ0n) is 12.9. The van der Waals surface area contributed by atoms with Crippen molar-refractivity contribution < 1.29 is 14.6 Å². The number of rotatable bonds is 3. The molecule has 2 aliphatic rings. The molecule has 0 radical (unpaired) electrons. The predicted molar refractivity (Wildman–Crippen MR) is 84.4 cm³/mol. The van der Waals surface area contributed by atoms with E-state index in [1.807, 2.05) is 12.1 Å². The highest BCUT2D eigenvalue weighted by Gasteiger charge is 2.32. The number of β-amino-alcohol motifs (C(OH)–C–C–N with tert-alkyl or cyclic N) is 1. The Labute approximate surface area is 131 Å². The molecular weight excluding hydrogens is 283 g/mol. The second kappa shape index (κ2) is 6.94. The molecule has 2 atom stereocenters. The molecule has 22 heavy (non-hydrogen) atoms. The van der Waals surface area contributed by atoms with Crippen molar-refractivity contribution in [2.24, 2.45) is 5.92 Å². The first kappa shape index (κ1) is 15.7. The second-order valence-corrected chi connectivity index (χ2v) is 6.46. The van der Waals surface area contributed by atoms with E-state index in [9.17, 15) is 14.6 Å². The number of aliphatic hydroxyl groups excluding tert-OH is 2. The number of hydrogen-bond acceptors (Lipinski definition) is 4.